The van der Waals surface area contributed by atoms with Crippen molar-refractivity contribution in [1.29, 1.82) is 0 Å². The third-order valence-corrected chi connectivity index (χ3v) is 3.17. The zero-order valence-corrected chi connectivity index (χ0v) is 11.0. The van der Waals surface area contributed by atoms with E-state index in [-0.39, 0.29) is 10.9 Å². The lowest BCUT2D eigenvalue weighted by Crippen LogP contribution is -2.17. The molecular weight excluding hydrogens is 293 g/mol. The van der Waals surface area contributed by atoms with E-state index in [1.165, 1.54) is 13.2 Å². The van der Waals surface area contributed by atoms with Crippen molar-refractivity contribution in [2.24, 2.45) is 5.73 Å². The molecule has 0 aliphatic carbocycles. The summed E-state index contributed by atoms with van der Waals surface area (Å²) in [6.45, 7) is 1.67. The van der Waals surface area contributed by atoms with Crippen LogP contribution in [0.2, 0.25) is 0 Å². The van der Waals surface area contributed by atoms with Gasteiger partial charge in [0.1, 0.15) is 11.6 Å². The first-order chi connectivity index (χ1) is 7.88. The number of carboxylic acid groups (broad SMARTS) is 1. The van der Waals surface area contributed by atoms with Crippen LogP contribution in [0.3, 0.4) is 0 Å². The van der Waals surface area contributed by atoms with E-state index in [9.17, 15) is 9.18 Å². The van der Waals surface area contributed by atoms with Crippen molar-refractivity contribution in [1.82, 2.24) is 0 Å². The van der Waals surface area contributed by atoms with E-state index in [1.807, 2.05) is 0 Å². The van der Waals surface area contributed by atoms with Crippen LogP contribution in [0.5, 0.6) is 5.75 Å². The fourth-order valence-corrected chi connectivity index (χ4v) is 2.24. The van der Waals surface area contributed by atoms with E-state index in [4.69, 9.17) is 15.6 Å². The molecular formula is C11H13BrFNO3. The lowest BCUT2D eigenvalue weighted by Gasteiger charge is -2.18. The Hall–Kier alpha value is -1.14. The number of nitrogens with two attached hydrogens (primary N) is 1. The smallest absolute Gasteiger partial charge is 0.305 e. The predicted octanol–water partition coefficient (Wildman–Crippen LogP) is 2.38. The topological polar surface area (TPSA) is 72.5 Å². The van der Waals surface area contributed by atoms with Gasteiger partial charge < -0.3 is 15.6 Å². The highest BCUT2D eigenvalue weighted by atomic mass is 79.9. The van der Waals surface area contributed by atoms with Crippen LogP contribution in [0.25, 0.3) is 0 Å². The molecule has 17 heavy (non-hydrogen) atoms. The highest BCUT2D eigenvalue weighted by Gasteiger charge is 2.22. The Morgan fingerprint density at radius 1 is 1.71 bits per heavy atom. The third-order valence-electron chi connectivity index (χ3n) is 2.36. The molecule has 0 fully saturated rings. The molecule has 1 unspecified atom stereocenters. The molecule has 3 N–H and O–H groups in total. The molecule has 0 spiro atoms. The Labute approximate surface area is 107 Å². The Morgan fingerprint density at radius 3 is 2.76 bits per heavy atom. The van der Waals surface area contributed by atoms with Crippen LogP contribution in [0.1, 0.15) is 23.6 Å². The fraction of sp³-hybridized carbons (Fsp3) is 0.364. The van der Waals surface area contributed by atoms with Gasteiger partial charge in [-0.15, -0.1) is 0 Å². The summed E-state index contributed by atoms with van der Waals surface area (Å²) in [5.74, 6) is -1.13. The maximum Gasteiger partial charge on any atom is 0.305 e. The molecule has 4 nitrogen and oxygen atoms in total. The van der Waals surface area contributed by atoms with Gasteiger partial charge in [-0.05, 0) is 34.5 Å². The first-order valence-electron chi connectivity index (χ1n) is 4.88. The highest BCUT2D eigenvalue weighted by Crippen LogP contribution is 2.37. The summed E-state index contributed by atoms with van der Waals surface area (Å²) in [7, 11) is 1.43. The zero-order chi connectivity index (χ0) is 13.2. The lowest BCUT2D eigenvalue weighted by molar-refractivity contribution is -0.137. The summed E-state index contributed by atoms with van der Waals surface area (Å²) >= 11 is 3.07. The quantitative estimate of drug-likeness (QED) is 0.896. The minimum atomic E-state index is -1.05. The number of benzene rings is 1. The van der Waals surface area contributed by atoms with Gasteiger partial charge in [0, 0.05) is 11.6 Å². The maximum atomic E-state index is 13.5. The van der Waals surface area contributed by atoms with Gasteiger partial charge in [0.25, 0.3) is 0 Å². The van der Waals surface area contributed by atoms with Gasteiger partial charge in [-0.25, -0.2) is 4.39 Å². The molecule has 0 aliphatic heterocycles. The number of aryl methyl sites for hydroxylation is 1. The summed E-state index contributed by atoms with van der Waals surface area (Å²) in [4.78, 5) is 10.6. The van der Waals surface area contributed by atoms with Gasteiger partial charge in [0.15, 0.2) is 0 Å². The van der Waals surface area contributed by atoms with E-state index >= 15 is 0 Å². The van der Waals surface area contributed by atoms with E-state index in [0.29, 0.717) is 16.9 Å². The molecule has 1 aromatic carbocycles. The number of rotatable bonds is 4. The van der Waals surface area contributed by atoms with Crippen LogP contribution in [0.15, 0.2) is 10.5 Å². The van der Waals surface area contributed by atoms with Crippen LogP contribution >= 0.6 is 15.9 Å². The largest absolute Gasteiger partial charge is 0.496 e. The molecule has 1 rings (SSSR count). The Balaban J connectivity index is 3.33. The number of carboxylic acids is 1. The Bertz CT molecular complexity index is 451. The molecule has 0 saturated heterocycles. The standard InChI is InChI=1S/C11H13BrFNO3/c1-5-3-6(13)10(12)9(11(5)17-2)7(14)4-8(15)16/h3,7H,4,14H2,1-2H3,(H,15,16). The van der Waals surface area contributed by atoms with Crippen molar-refractivity contribution in [3.8, 4) is 5.75 Å². The minimum Gasteiger partial charge on any atom is -0.496 e. The SMILES string of the molecule is COc1c(C)cc(F)c(Br)c1C(N)CC(=O)O. The second-order valence-corrected chi connectivity index (χ2v) is 4.43. The molecule has 0 radical (unpaired) electrons. The van der Waals surface area contributed by atoms with Crippen LogP contribution in [-0.2, 0) is 4.79 Å². The summed E-state index contributed by atoms with van der Waals surface area (Å²) < 4.78 is 18.8. The maximum absolute atomic E-state index is 13.5. The molecule has 0 saturated carbocycles. The number of carbonyl (C=O) groups is 1. The van der Waals surface area contributed by atoms with E-state index in [0.717, 1.165) is 0 Å². The summed E-state index contributed by atoms with van der Waals surface area (Å²) in [5.41, 5.74) is 6.67. The highest BCUT2D eigenvalue weighted by molar-refractivity contribution is 9.10. The van der Waals surface area contributed by atoms with Crippen molar-refractivity contribution in [2.45, 2.75) is 19.4 Å². The molecule has 6 heteroatoms. The van der Waals surface area contributed by atoms with Crippen molar-refractivity contribution in [3.63, 3.8) is 0 Å². The Morgan fingerprint density at radius 2 is 2.29 bits per heavy atom. The molecule has 0 aliphatic rings. The second kappa shape index (κ2) is 5.46. The van der Waals surface area contributed by atoms with Gasteiger partial charge >= 0.3 is 5.97 Å². The van der Waals surface area contributed by atoms with Crippen LogP contribution in [0.4, 0.5) is 4.39 Å². The third kappa shape index (κ3) is 2.95. The van der Waals surface area contributed by atoms with Crippen LogP contribution < -0.4 is 10.5 Å². The summed E-state index contributed by atoms with van der Waals surface area (Å²) in [6, 6.07) is 0.478. The molecule has 1 atom stereocenters. The molecule has 0 heterocycles. The van der Waals surface area contributed by atoms with Crippen molar-refractivity contribution in [2.75, 3.05) is 7.11 Å². The van der Waals surface area contributed by atoms with E-state index in [2.05, 4.69) is 15.9 Å². The predicted molar refractivity (Wildman–Crippen MR) is 64.6 cm³/mol. The average molecular weight is 306 g/mol. The number of aliphatic carboxylic acids is 1. The lowest BCUT2D eigenvalue weighted by atomic mass is 10.0. The number of methoxy groups -OCH3 is 1. The number of halogens is 2. The van der Waals surface area contributed by atoms with Gasteiger partial charge in [-0.2, -0.15) is 0 Å². The van der Waals surface area contributed by atoms with Crippen LogP contribution in [-0.4, -0.2) is 18.2 Å². The summed E-state index contributed by atoms with van der Waals surface area (Å²) in [5, 5.41) is 8.71. The second-order valence-electron chi connectivity index (χ2n) is 3.64. The van der Waals surface area contributed by atoms with E-state index in [1.54, 1.807) is 6.92 Å². The zero-order valence-electron chi connectivity index (χ0n) is 9.46. The van der Waals surface area contributed by atoms with Crippen molar-refractivity contribution in [3.05, 3.63) is 27.5 Å². The average Bonchev–Trinajstić information content (AvgIpc) is 2.21. The fourth-order valence-electron chi connectivity index (χ4n) is 1.65. The normalized spacial score (nSPS) is 12.3. The molecule has 1 aromatic rings. The number of hydrogen-bond donors (Lipinski definition) is 2. The van der Waals surface area contributed by atoms with Gasteiger partial charge in [-0.3, -0.25) is 4.79 Å². The molecule has 0 amide bonds. The van der Waals surface area contributed by atoms with Gasteiger partial charge in [-0.1, -0.05) is 0 Å². The Kier molecular flexibility index (Phi) is 4.47. The number of ether oxygens (including phenoxy) is 1. The monoisotopic (exact) mass is 305 g/mol. The van der Waals surface area contributed by atoms with Gasteiger partial charge in [0.2, 0.25) is 0 Å². The van der Waals surface area contributed by atoms with Crippen LogP contribution in [0, 0.1) is 12.7 Å². The van der Waals surface area contributed by atoms with Crippen molar-refractivity contribution >= 4 is 21.9 Å². The molecule has 0 bridgehead atoms. The first kappa shape index (κ1) is 13.9. The van der Waals surface area contributed by atoms with Gasteiger partial charge in [0.05, 0.1) is 18.0 Å². The molecule has 0 aromatic heterocycles. The van der Waals surface area contributed by atoms with E-state index < -0.39 is 17.8 Å². The van der Waals surface area contributed by atoms with Crippen molar-refractivity contribution < 1.29 is 19.0 Å². The summed E-state index contributed by atoms with van der Waals surface area (Å²) in [6.07, 6.45) is -0.294. The molecule has 94 valence electrons. The first-order valence-corrected chi connectivity index (χ1v) is 5.67. The minimum absolute atomic E-state index is 0.147. The number of hydrogen-bond acceptors (Lipinski definition) is 3.